The molecule has 3 aromatic heterocycles. The Morgan fingerprint density at radius 1 is 1.05 bits per heavy atom. The molecule has 3 heterocycles. The van der Waals surface area contributed by atoms with Crippen LogP contribution in [-0.4, -0.2) is 14.0 Å². The van der Waals surface area contributed by atoms with E-state index in [4.69, 9.17) is 5.26 Å². The van der Waals surface area contributed by atoms with E-state index in [1.807, 2.05) is 65.5 Å². The highest BCUT2D eigenvalue weighted by Crippen LogP contribution is 2.20. The monoisotopic (exact) mass is 272 g/mol. The zero-order chi connectivity index (χ0) is 14.2. The van der Waals surface area contributed by atoms with Gasteiger partial charge in [0.1, 0.15) is 5.65 Å². The van der Waals surface area contributed by atoms with Crippen molar-refractivity contribution in [2.45, 2.75) is 6.54 Å². The molecule has 0 bridgehead atoms. The van der Waals surface area contributed by atoms with Crippen LogP contribution in [0.3, 0.4) is 0 Å². The Balaban J connectivity index is 1.79. The van der Waals surface area contributed by atoms with Crippen molar-refractivity contribution in [1.82, 2.24) is 14.0 Å². The number of fused-ring (bicyclic) bond motifs is 2. The van der Waals surface area contributed by atoms with Gasteiger partial charge in [0.25, 0.3) is 0 Å². The maximum absolute atomic E-state index is 9.15. The summed E-state index contributed by atoms with van der Waals surface area (Å²) < 4.78 is 4.14. The normalized spacial score (nSPS) is 11.0. The summed E-state index contributed by atoms with van der Waals surface area (Å²) in [5.41, 5.74) is 3.72. The van der Waals surface area contributed by atoms with Crippen molar-refractivity contribution in [3.05, 3.63) is 72.3 Å². The summed E-state index contributed by atoms with van der Waals surface area (Å²) in [5.74, 6) is 0. The Bertz CT molecular complexity index is 952. The molecular weight excluding hydrogens is 260 g/mol. The first kappa shape index (κ1) is 11.7. The molecule has 0 radical (unpaired) electrons. The minimum Gasteiger partial charge on any atom is -0.341 e. The van der Waals surface area contributed by atoms with Crippen LogP contribution in [0.25, 0.3) is 16.6 Å². The van der Waals surface area contributed by atoms with Gasteiger partial charge in [0.05, 0.1) is 23.9 Å². The van der Waals surface area contributed by atoms with Gasteiger partial charge >= 0.3 is 0 Å². The third kappa shape index (κ3) is 1.87. The van der Waals surface area contributed by atoms with Gasteiger partial charge in [-0.1, -0.05) is 12.1 Å². The largest absolute Gasteiger partial charge is 0.341 e. The quantitative estimate of drug-likeness (QED) is 0.562. The van der Waals surface area contributed by atoms with Crippen LogP contribution in [0.1, 0.15) is 11.3 Å². The summed E-state index contributed by atoms with van der Waals surface area (Å²) in [4.78, 5) is 4.61. The first-order chi connectivity index (χ1) is 10.3. The molecule has 4 rings (SSSR count). The fraction of sp³-hybridized carbons (Fsp3) is 0.0588. The van der Waals surface area contributed by atoms with Crippen molar-refractivity contribution in [3.8, 4) is 6.07 Å². The second-order valence-electron chi connectivity index (χ2n) is 4.99. The number of pyridine rings is 1. The van der Waals surface area contributed by atoms with Crippen molar-refractivity contribution in [1.29, 1.82) is 5.26 Å². The summed E-state index contributed by atoms with van der Waals surface area (Å²) in [6, 6.07) is 16.0. The molecule has 4 aromatic rings. The lowest BCUT2D eigenvalue weighted by Gasteiger charge is -2.02. The average Bonchev–Trinajstić information content (AvgIpc) is 3.11. The molecule has 4 heteroatoms. The second-order valence-corrected chi connectivity index (χ2v) is 4.99. The molecule has 100 valence electrons. The van der Waals surface area contributed by atoms with E-state index in [1.165, 1.54) is 0 Å². The highest BCUT2D eigenvalue weighted by molar-refractivity contribution is 5.86. The number of rotatable bonds is 2. The molecule has 0 aliphatic rings. The Morgan fingerprint density at radius 2 is 2.00 bits per heavy atom. The van der Waals surface area contributed by atoms with Gasteiger partial charge in [-0.05, 0) is 30.3 Å². The number of nitriles is 1. The van der Waals surface area contributed by atoms with Crippen LogP contribution in [0.5, 0.6) is 0 Å². The molecule has 0 N–H and O–H groups in total. The lowest BCUT2D eigenvalue weighted by Crippen LogP contribution is -1.98. The van der Waals surface area contributed by atoms with E-state index in [2.05, 4.69) is 15.6 Å². The lowest BCUT2D eigenvalue weighted by molar-refractivity contribution is 0.815. The fourth-order valence-electron chi connectivity index (χ4n) is 2.70. The van der Waals surface area contributed by atoms with Crippen LogP contribution in [0.15, 0.2) is 61.1 Å². The highest BCUT2D eigenvalue weighted by Gasteiger charge is 2.07. The van der Waals surface area contributed by atoms with E-state index in [-0.39, 0.29) is 0 Å². The van der Waals surface area contributed by atoms with E-state index in [9.17, 15) is 0 Å². The van der Waals surface area contributed by atoms with Crippen LogP contribution in [0.2, 0.25) is 0 Å². The molecule has 0 spiro atoms. The Hall–Kier alpha value is -3.06. The molecule has 0 fully saturated rings. The number of hydrogen-bond donors (Lipinski definition) is 0. The molecule has 4 nitrogen and oxygen atoms in total. The van der Waals surface area contributed by atoms with Crippen LogP contribution < -0.4 is 0 Å². The molecule has 0 saturated heterocycles. The third-order valence-electron chi connectivity index (χ3n) is 3.68. The smallest absolute Gasteiger partial charge is 0.137 e. The molecule has 0 aliphatic heterocycles. The molecule has 0 unspecified atom stereocenters. The van der Waals surface area contributed by atoms with Gasteiger partial charge in [-0.2, -0.15) is 5.26 Å². The van der Waals surface area contributed by atoms with Crippen molar-refractivity contribution in [3.63, 3.8) is 0 Å². The SMILES string of the molecule is N#Cc1cccc2c1ccn2Cc1cn2ccccc2n1. The van der Waals surface area contributed by atoms with E-state index in [1.54, 1.807) is 0 Å². The first-order valence-corrected chi connectivity index (χ1v) is 6.76. The molecule has 0 aliphatic carbocycles. The first-order valence-electron chi connectivity index (χ1n) is 6.76. The minimum absolute atomic E-state index is 0.695. The second kappa shape index (κ2) is 4.50. The number of hydrogen-bond acceptors (Lipinski definition) is 2. The van der Waals surface area contributed by atoms with Crippen molar-refractivity contribution in [2.75, 3.05) is 0 Å². The minimum atomic E-state index is 0.695. The van der Waals surface area contributed by atoms with E-state index >= 15 is 0 Å². The Morgan fingerprint density at radius 3 is 2.86 bits per heavy atom. The fourth-order valence-corrected chi connectivity index (χ4v) is 2.70. The molecule has 1 aromatic carbocycles. The molecule has 0 saturated carbocycles. The number of nitrogens with zero attached hydrogens (tertiary/aromatic N) is 4. The average molecular weight is 272 g/mol. The van der Waals surface area contributed by atoms with Crippen molar-refractivity contribution < 1.29 is 0 Å². The Labute approximate surface area is 121 Å². The van der Waals surface area contributed by atoms with Gasteiger partial charge in [-0.3, -0.25) is 0 Å². The van der Waals surface area contributed by atoms with Gasteiger partial charge < -0.3 is 8.97 Å². The van der Waals surface area contributed by atoms with E-state index in [0.717, 1.165) is 22.2 Å². The van der Waals surface area contributed by atoms with E-state index < -0.39 is 0 Å². The summed E-state index contributed by atoms with van der Waals surface area (Å²) in [7, 11) is 0. The molecular formula is C17H12N4. The summed E-state index contributed by atoms with van der Waals surface area (Å²) >= 11 is 0. The third-order valence-corrected chi connectivity index (χ3v) is 3.68. The zero-order valence-electron chi connectivity index (χ0n) is 11.3. The number of aromatic nitrogens is 3. The van der Waals surface area contributed by atoms with Crippen molar-refractivity contribution in [2.24, 2.45) is 0 Å². The van der Waals surface area contributed by atoms with Gasteiger partial charge in [0, 0.05) is 29.5 Å². The standard InChI is InChI=1S/C17H12N4/c18-10-13-4-3-5-16-15(13)7-9-20(16)11-14-12-21-8-2-1-6-17(21)19-14/h1-9,12H,11H2. The predicted molar refractivity (Wildman–Crippen MR) is 80.9 cm³/mol. The van der Waals surface area contributed by atoms with Crippen molar-refractivity contribution >= 4 is 16.6 Å². The van der Waals surface area contributed by atoms with E-state index in [0.29, 0.717) is 12.1 Å². The van der Waals surface area contributed by atoms with Crippen LogP contribution in [0, 0.1) is 11.3 Å². The van der Waals surface area contributed by atoms with Crippen LogP contribution in [-0.2, 0) is 6.54 Å². The van der Waals surface area contributed by atoms with Gasteiger partial charge in [0.15, 0.2) is 0 Å². The lowest BCUT2D eigenvalue weighted by atomic mass is 10.1. The van der Waals surface area contributed by atoms with Gasteiger partial charge in [0.2, 0.25) is 0 Å². The maximum atomic E-state index is 9.15. The molecule has 21 heavy (non-hydrogen) atoms. The van der Waals surface area contributed by atoms with Gasteiger partial charge in [-0.15, -0.1) is 0 Å². The van der Waals surface area contributed by atoms with Crippen LogP contribution >= 0.6 is 0 Å². The number of benzene rings is 1. The maximum Gasteiger partial charge on any atom is 0.137 e. The van der Waals surface area contributed by atoms with Gasteiger partial charge in [-0.25, -0.2) is 4.98 Å². The summed E-state index contributed by atoms with van der Waals surface area (Å²) in [6.07, 6.45) is 6.04. The summed E-state index contributed by atoms with van der Waals surface area (Å²) in [6.45, 7) is 0.695. The zero-order valence-corrected chi connectivity index (χ0v) is 11.3. The topological polar surface area (TPSA) is 46.0 Å². The van der Waals surface area contributed by atoms with Crippen LogP contribution in [0.4, 0.5) is 0 Å². The number of imidazole rings is 1. The summed E-state index contributed by atoms with van der Waals surface area (Å²) in [5, 5.41) is 10.1. The predicted octanol–water partition coefficient (Wildman–Crippen LogP) is 3.21. The highest BCUT2D eigenvalue weighted by atomic mass is 15.0. The Kier molecular flexibility index (Phi) is 2.51. The molecule has 0 atom stereocenters. The molecule has 0 amide bonds.